The summed E-state index contributed by atoms with van der Waals surface area (Å²) in [7, 11) is 0. The minimum atomic E-state index is -0.103. The minimum Gasteiger partial charge on any atom is -0.325 e. The highest BCUT2D eigenvalue weighted by Crippen LogP contribution is 2.27. The molecule has 0 aliphatic rings. The lowest BCUT2D eigenvalue weighted by Gasteiger charge is -2.10. The van der Waals surface area contributed by atoms with E-state index in [1.165, 1.54) is 11.8 Å². The average Bonchev–Trinajstić information content (AvgIpc) is 3.07. The third-order valence-electron chi connectivity index (χ3n) is 4.29. The molecule has 0 atom stereocenters. The predicted molar refractivity (Wildman–Crippen MR) is 111 cm³/mol. The van der Waals surface area contributed by atoms with E-state index >= 15 is 0 Å². The molecule has 1 N–H and O–H groups in total. The minimum absolute atomic E-state index is 0.103. The number of hydrogen-bond donors (Lipinski definition) is 1. The molecule has 0 unspecified atom stereocenters. The van der Waals surface area contributed by atoms with Gasteiger partial charge in [0.25, 0.3) is 0 Å². The number of nitrogens with zero attached hydrogens (tertiary/aromatic N) is 3. The number of rotatable bonds is 6. The van der Waals surface area contributed by atoms with Crippen molar-refractivity contribution in [2.75, 3.05) is 11.1 Å². The normalized spacial score (nSPS) is 10.8. The first-order valence-electron chi connectivity index (χ1n) is 8.68. The lowest BCUT2D eigenvalue weighted by molar-refractivity contribution is -0.113. The van der Waals surface area contributed by atoms with Gasteiger partial charge in [-0.1, -0.05) is 53.7 Å². The first-order valence-corrected chi connectivity index (χ1v) is 10.0. The Morgan fingerprint density at radius 1 is 1.15 bits per heavy atom. The highest BCUT2D eigenvalue weighted by molar-refractivity contribution is 7.99. The summed E-state index contributed by atoms with van der Waals surface area (Å²) in [5, 5.41) is 12.9. The molecule has 0 bridgehead atoms. The molecule has 3 rings (SSSR count). The van der Waals surface area contributed by atoms with E-state index in [-0.39, 0.29) is 11.7 Å². The smallest absolute Gasteiger partial charge is 0.234 e. The van der Waals surface area contributed by atoms with Crippen molar-refractivity contribution in [3.8, 4) is 11.4 Å². The summed E-state index contributed by atoms with van der Waals surface area (Å²) in [6.07, 6.45) is 0. The van der Waals surface area contributed by atoms with Gasteiger partial charge in [-0.25, -0.2) is 0 Å². The van der Waals surface area contributed by atoms with Crippen LogP contribution in [0.25, 0.3) is 11.4 Å². The zero-order valence-corrected chi connectivity index (χ0v) is 17.1. The van der Waals surface area contributed by atoms with Crippen molar-refractivity contribution in [3.05, 3.63) is 58.6 Å². The second-order valence-electron chi connectivity index (χ2n) is 6.11. The van der Waals surface area contributed by atoms with Crippen molar-refractivity contribution >= 4 is 35.0 Å². The summed E-state index contributed by atoms with van der Waals surface area (Å²) in [6, 6.07) is 13.5. The first-order chi connectivity index (χ1) is 13.0. The molecule has 2 aromatic carbocycles. The first kappa shape index (κ1) is 19.5. The Hall–Kier alpha value is -2.31. The molecule has 1 heterocycles. The molecule has 7 heteroatoms. The largest absolute Gasteiger partial charge is 0.325 e. The van der Waals surface area contributed by atoms with Crippen molar-refractivity contribution in [1.29, 1.82) is 0 Å². The lowest BCUT2D eigenvalue weighted by atomic mass is 10.1. The number of carbonyl (C=O) groups is 1. The van der Waals surface area contributed by atoms with E-state index in [1.807, 2.05) is 48.7 Å². The number of aryl methyl sites for hydroxylation is 1. The van der Waals surface area contributed by atoms with E-state index < -0.39 is 0 Å². The zero-order valence-electron chi connectivity index (χ0n) is 15.5. The second-order valence-corrected chi connectivity index (χ2v) is 7.46. The van der Waals surface area contributed by atoms with Crippen LogP contribution in [0.1, 0.15) is 18.1 Å². The third-order valence-corrected chi connectivity index (χ3v) is 5.67. The van der Waals surface area contributed by atoms with Gasteiger partial charge in [0.2, 0.25) is 5.91 Å². The van der Waals surface area contributed by atoms with E-state index in [0.717, 1.165) is 39.9 Å². The van der Waals surface area contributed by atoms with E-state index in [1.54, 1.807) is 6.07 Å². The summed E-state index contributed by atoms with van der Waals surface area (Å²) in [5.74, 6) is 0.968. The van der Waals surface area contributed by atoms with Crippen molar-refractivity contribution < 1.29 is 4.79 Å². The number of halogens is 1. The van der Waals surface area contributed by atoms with Gasteiger partial charge in [-0.15, -0.1) is 10.2 Å². The molecule has 27 heavy (non-hydrogen) atoms. The van der Waals surface area contributed by atoms with E-state index in [0.29, 0.717) is 5.02 Å². The van der Waals surface area contributed by atoms with Crippen LogP contribution in [0.3, 0.4) is 0 Å². The molecule has 0 saturated heterocycles. The summed E-state index contributed by atoms with van der Waals surface area (Å²) in [5.41, 5.74) is 3.78. The van der Waals surface area contributed by atoms with Gasteiger partial charge in [-0.05, 0) is 44.0 Å². The van der Waals surface area contributed by atoms with Crippen molar-refractivity contribution in [1.82, 2.24) is 14.8 Å². The van der Waals surface area contributed by atoms with Crippen LogP contribution in [0.5, 0.6) is 0 Å². The lowest BCUT2D eigenvalue weighted by Crippen LogP contribution is -2.15. The maximum absolute atomic E-state index is 12.3. The molecule has 0 aliphatic heterocycles. The average molecular weight is 401 g/mol. The molecule has 0 radical (unpaired) electrons. The topological polar surface area (TPSA) is 59.8 Å². The number of thioether (sulfide) groups is 1. The van der Waals surface area contributed by atoms with Gasteiger partial charge < -0.3 is 9.88 Å². The van der Waals surface area contributed by atoms with E-state index in [2.05, 4.69) is 28.5 Å². The fraction of sp³-hybridized carbons (Fsp3) is 0.250. The monoisotopic (exact) mass is 400 g/mol. The van der Waals surface area contributed by atoms with Crippen molar-refractivity contribution in [3.63, 3.8) is 0 Å². The van der Waals surface area contributed by atoms with Crippen LogP contribution >= 0.6 is 23.4 Å². The molecule has 1 amide bonds. The fourth-order valence-electron chi connectivity index (χ4n) is 2.76. The highest BCUT2D eigenvalue weighted by Gasteiger charge is 2.16. The zero-order chi connectivity index (χ0) is 19.4. The Morgan fingerprint density at radius 2 is 1.93 bits per heavy atom. The number of aromatic nitrogens is 3. The predicted octanol–water partition coefficient (Wildman–Crippen LogP) is 4.97. The van der Waals surface area contributed by atoms with Gasteiger partial charge in [0.1, 0.15) is 0 Å². The number of amides is 1. The third kappa shape index (κ3) is 4.34. The van der Waals surface area contributed by atoms with Gasteiger partial charge in [-0.2, -0.15) is 0 Å². The van der Waals surface area contributed by atoms with Crippen LogP contribution in [0.2, 0.25) is 5.02 Å². The van der Waals surface area contributed by atoms with Crippen molar-refractivity contribution in [2.24, 2.45) is 0 Å². The van der Waals surface area contributed by atoms with Gasteiger partial charge in [-0.3, -0.25) is 4.79 Å². The molecule has 0 aliphatic carbocycles. The quantitative estimate of drug-likeness (QED) is 0.593. The molecule has 0 saturated carbocycles. The highest BCUT2D eigenvalue weighted by atomic mass is 35.5. The van der Waals surface area contributed by atoms with Gasteiger partial charge >= 0.3 is 0 Å². The molecule has 0 fully saturated rings. The Kier molecular flexibility index (Phi) is 6.19. The molecule has 3 aromatic rings. The van der Waals surface area contributed by atoms with Gasteiger partial charge in [0, 0.05) is 22.8 Å². The van der Waals surface area contributed by atoms with Gasteiger partial charge in [0.05, 0.1) is 5.75 Å². The van der Waals surface area contributed by atoms with Crippen molar-refractivity contribution in [2.45, 2.75) is 32.5 Å². The van der Waals surface area contributed by atoms with Crippen LogP contribution < -0.4 is 5.32 Å². The van der Waals surface area contributed by atoms with Crippen LogP contribution in [0.4, 0.5) is 5.69 Å². The summed E-state index contributed by atoms with van der Waals surface area (Å²) in [6.45, 7) is 6.71. The van der Waals surface area contributed by atoms with E-state index in [9.17, 15) is 4.79 Å². The molecule has 5 nitrogen and oxygen atoms in total. The van der Waals surface area contributed by atoms with Gasteiger partial charge in [0.15, 0.2) is 11.0 Å². The van der Waals surface area contributed by atoms with Crippen LogP contribution in [0, 0.1) is 13.8 Å². The molecular weight excluding hydrogens is 380 g/mol. The molecule has 1 aromatic heterocycles. The maximum atomic E-state index is 12.3. The summed E-state index contributed by atoms with van der Waals surface area (Å²) in [4.78, 5) is 12.3. The number of anilines is 1. The SMILES string of the molecule is CCn1c(SCC(=O)Nc2cccc(Cl)c2C)nnc1-c1ccccc1C. The second kappa shape index (κ2) is 8.59. The number of nitrogens with one attached hydrogen (secondary N) is 1. The Bertz CT molecular complexity index is 970. The summed E-state index contributed by atoms with van der Waals surface area (Å²) < 4.78 is 2.03. The Morgan fingerprint density at radius 3 is 2.67 bits per heavy atom. The van der Waals surface area contributed by atoms with Crippen LogP contribution in [-0.2, 0) is 11.3 Å². The summed E-state index contributed by atoms with van der Waals surface area (Å²) >= 11 is 7.48. The van der Waals surface area contributed by atoms with E-state index in [4.69, 9.17) is 11.6 Å². The Labute approximate surface area is 168 Å². The molecule has 0 spiro atoms. The van der Waals surface area contributed by atoms with Crippen LogP contribution in [0.15, 0.2) is 47.6 Å². The number of benzene rings is 2. The number of hydrogen-bond acceptors (Lipinski definition) is 4. The standard InChI is InChI=1S/C20H21ClN4OS/c1-4-25-19(15-9-6-5-8-13(15)2)23-24-20(25)27-12-18(26)22-17-11-7-10-16(21)14(17)3/h5-11H,4,12H2,1-3H3,(H,22,26). The maximum Gasteiger partial charge on any atom is 0.234 e. The Balaban J connectivity index is 1.72. The number of carbonyl (C=O) groups excluding carboxylic acids is 1. The van der Waals surface area contributed by atoms with Crippen LogP contribution in [-0.4, -0.2) is 26.4 Å². The molecular formula is C20H21ClN4OS. The molecule has 140 valence electrons. The fourth-order valence-corrected chi connectivity index (χ4v) is 3.74.